The van der Waals surface area contributed by atoms with Crippen LogP contribution in [0.4, 0.5) is 5.82 Å². The molecule has 0 unspecified atom stereocenters. The number of hydrogen-bond acceptors (Lipinski definition) is 3. The zero-order valence-electron chi connectivity index (χ0n) is 16.0. The first-order valence-electron chi connectivity index (χ1n) is 9.39. The van der Waals surface area contributed by atoms with Crippen LogP contribution in [0.3, 0.4) is 0 Å². The molecular weight excluding hydrogens is 358 g/mol. The Bertz CT molecular complexity index is 1240. The maximum absolute atomic E-state index is 12.8. The molecule has 3 aromatic carbocycles. The van der Waals surface area contributed by atoms with Gasteiger partial charge >= 0.3 is 0 Å². The SMILES string of the molecule is Cc1cccc(C(=O)Nc2nc3ccccc3c(Cc3ccccc3)c2C#N)c1. The molecule has 0 fully saturated rings. The fourth-order valence-electron chi connectivity index (χ4n) is 3.44. The lowest BCUT2D eigenvalue weighted by molar-refractivity contribution is 0.102. The number of fused-ring (bicyclic) bond motifs is 1. The van der Waals surface area contributed by atoms with Gasteiger partial charge in [-0.3, -0.25) is 4.79 Å². The molecular formula is C25H19N3O. The summed E-state index contributed by atoms with van der Waals surface area (Å²) in [6, 6.07) is 27.3. The maximum Gasteiger partial charge on any atom is 0.256 e. The van der Waals surface area contributed by atoms with E-state index in [-0.39, 0.29) is 5.91 Å². The number of amides is 1. The minimum atomic E-state index is -0.279. The molecule has 0 bridgehead atoms. The number of carbonyl (C=O) groups is 1. The van der Waals surface area contributed by atoms with E-state index < -0.39 is 0 Å². The van der Waals surface area contributed by atoms with E-state index in [0.717, 1.165) is 27.6 Å². The number of nitrogens with zero attached hydrogens (tertiary/aromatic N) is 2. The van der Waals surface area contributed by atoms with E-state index in [2.05, 4.69) is 16.4 Å². The average molecular weight is 377 g/mol. The lowest BCUT2D eigenvalue weighted by Crippen LogP contribution is -2.15. The first-order chi connectivity index (χ1) is 14.2. The largest absolute Gasteiger partial charge is 0.305 e. The van der Waals surface area contributed by atoms with Gasteiger partial charge in [-0.2, -0.15) is 5.26 Å². The number of pyridine rings is 1. The molecule has 0 aliphatic heterocycles. The Hall–Kier alpha value is -3.97. The summed E-state index contributed by atoms with van der Waals surface area (Å²) in [5, 5.41) is 13.7. The molecule has 0 atom stereocenters. The molecule has 4 nitrogen and oxygen atoms in total. The molecule has 29 heavy (non-hydrogen) atoms. The van der Waals surface area contributed by atoms with Crippen molar-refractivity contribution in [3.05, 3.63) is 107 Å². The van der Waals surface area contributed by atoms with Crippen LogP contribution in [-0.4, -0.2) is 10.9 Å². The summed E-state index contributed by atoms with van der Waals surface area (Å²) in [7, 11) is 0. The summed E-state index contributed by atoms with van der Waals surface area (Å²) in [5.74, 6) is 0.0160. The predicted octanol–water partition coefficient (Wildman–Crippen LogP) is 5.26. The molecule has 4 rings (SSSR count). The Morgan fingerprint density at radius 3 is 2.52 bits per heavy atom. The molecule has 0 spiro atoms. The van der Waals surface area contributed by atoms with Crippen molar-refractivity contribution in [3.63, 3.8) is 0 Å². The van der Waals surface area contributed by atoms with E-state index in [0.29, 0.717) is 23.4 Å². The Kier molecular flexibility index (Phi) is 5.05. The predicted molar refractivity (Wildman–Crippen MR) is 115 cm³/mol. The van der Waals surface area contributed by atoms with E-state index in [1.807, 2.05) is 79.7 Å². The zero-order chi connectivity index (χ0) is 20.2. The summed E-state index contributed by atoms with van der Waals surface area (Å²) >= 11 is 0. The molecule has 0 aliphatic carbocycles. The summed E-state index contributed by atoms with van der Waals surface area (Å²) < 4.78 is 0. The van der Waals surface area contributed by atoms with Crippen LogP contribution in [0.15, 0.2) is 78.9 Å². The lowest BCUT2D eigenvalue weighted by atomic mass is 9.96. The van der Waals surface area contributed by atoms with Crippen molar-refractivity contribution in [1.29, 1.82) is 5.26 Å². The highest BCUT2D eigenvalue weighted by Gasteiger charge is 2.18. The van der Waals surface area contributed by atoms with Gasteiger partial charge in [-0.25, -0.2) is 4.98 Å². The van der Waals surface area contributed by atoms with Gasteiger partial charge in [-0.1, -0.05) is 66.2 Å². The second kappa shape index (κ2) is 7.95. The highest BCUT2D eigenvalue weighted by Crippen LogP contribution is 2.28. The third-order valence-corrected chi connectivity index (χ3v) is 4.85. The van der Waals surface area contributed by atoms with Gasteiger partial charge in [0.2, 0.25) is 0 Å². The average Bonchev–Trinajstić information content (AvgIpc) is 2.74. The highest BCUT2D eigenvalue weighted by molar-refractivity contribution is 6.05. The van der Waals surface area contributed by atoms with Crippen LogP contribution in [0.2, 0.25) is 0 Å². The Morgan fingerprint density at radius 2 is 1.76 bits per heavy atom. The molecule has 0 radical (unpaired) electrons. The number of rotatable bonds is 4. The van der Waals surface area contributed by atoms with Crippen molar-refractivity contribution in [2.75, 3.05) is 5.32 Å². The van der Waals surface area contributed by atoms with Gasteiger partial charge in [0.1, 0.15) is 6.07 Å². The van der Waals surface area contributed by atoms with Crippen molar-refractivity contribution < 1.29 is 4.79 Å². The minimum absolute atomic E-state index is 0.279. The zero-order valence-corrected chi connectivity index (χ0v) is 16.0. The second-order valence-electron chi connectivity index (χ2n) is 6.93. The molecule has 1 aromatic heterocycles. The van der Waals surface area contributed by atoms with Gasteiger partial charge in [0.25, 0.3) is 5.91 Å². The van der Waals surface area contributed by atoms with E-state index in [1.165, 1.54) is 0 Å². The standard InChI is InChI=1S/C25H19N3O/c1-17-8-7-11-19(14-17)25(29)28-24-22(16-26)21(15-18-9-3-2-4-10-18)20-12-5-6-13-23(20)27-24/h2-14H,15H2,1H3,(H,27,28,29). The van der Waals surface area contributed by atoms with Gasteiger partial charge < -0.3 is 5.32 Å². The number of benzene rings is 3. The molecule has 140 valence electrons. The van der Waals surface area contributed by atoms with Gasteiger partial charge in [0.15, 0.2) is 5.82 Å². The quantitative estimate of drug-likeness (QED) is 0.528. The van der Waals surface area contributed by atoms with Crippen molar-refractivity contribution in [1.82, 2.24) is 4.98 Å². The van der Waals surface area contributed by atoms with Crippen LogP contribution < -0.4 is 5.32 Å². The molecule has 1 amide bonds. The molecule has 0 saturated heterocycles. The topological polar surface area (TPSA) is 65.8 Å². The van der Waals surface area contributed by atoms with Crippen molar-refractivity contribution in [2.24, 2.45) is 0 Å². The number of nitrogens with one attached hydrogen (secondary N) is 1. The second-order valence-corrected chi connectivity index (χ2v) is 6.93. The monoisotopic (exact) mass is 377 g/mol. The highest BCUT2D eigenvalue weighted by atomic mass is 16.1. The molecule has 4 heteroatoms. The van der Waals surface area contributed by atoms with Crippen LogP contribution in [0.25, 0.3) is 10.9 Å². The Labute approximate surface area is 169 Å². The summed E-state index contributed by atoms with van der Waals surface area (Å²) in [4.78, 5) is 17.4. The maximum atomic E-state index is 12.8. The van der Waals surface area contributed by atoms with Gasteiger partial charge in [0, 0.05) is 10.9 Å². The smallest absolute Gasteiger partial charge is 0.256 e. The van der Waals surface area contributed by atoms with Gasteiger partial charge in [0.05, 0.1) is 11.1 Å². The van der Waals surface area contributed by atoms with Gasteiger partial charge in [-0.15, -0.1) is 0 Å². The summed E-state index contributed by atoms with van der Waals surface area (Å²) in [6.45, 7) is 1.93. The molecule has 0 saturated carbocycles. The number of aryl methyl sites for hydroxylation is 1. The molecule has 1 heterocycles. The van der Waals surface area contributed by atoms with Crippen molar-refractivity contribution in [3.8, 4) is 6.07 Å². The van der Waals surface area contributed by atoms with Crippen molar-refractivity contribution >= 4 is 22.6 Å². The number of carbonyl (C=O) groups excluding carboxylic acids is 1. The number of para-hydroxylation sites is 1. The van der Waals surface area contributed by atoms with Crippen molar-refractivity contribution in [2.45, 2.75) is 13.3 Å². The Morgan fingerprint density at radius 1 is 1.00 bits per heavy atom. The molecule has 1 N–H and O–H groups in total. The summed E-state index contributed by atoms with van der Waals surface area (Å²) in [6.07, 6.45) is 0.583. The lowest BCUT2D eigenvalue weighted by Gasteiger charge is -2.14. The van der Waals surface area contributed by atoms with E-state index in [1.54, 1.807) is 6.07 Å². The van der Waals surface area contributed by atoms with Crippen LogP contribution in [0.5, 0.6) is 0 Å². The fraction of sp³-hybridized carbons (Fsp3) is 0.0800. The number of anilines is 1. The fourth-order valence-corrected chi connectivity index (χ4v) is 3.44. The van der Waals surface area contributed by atoms with E-state index in [4.69, 9.17) is 0 Å². The van der Waals surface area contributed by atoms with Crippen LogP contribution in [0.1, 0.15) is 32.6 Å². The minimum Gasteiger partial charge on any atom is -0.305 e. The first kappa shape index (κ1) is 18.4. The summed E-state index contributed by atoms with van der Waals surface area (Å²) in [5.41, 5.74) is 4.63. The number of nitriles is 1. The van der Waals surface area contributed by atoms with E-state index in [9.17, 15) is 10.1 Å². The Balaban J connectivity index is 1.82. The van der Waals surface area contributed by atoms with Crippen LogP contribution in [-0.2, 0) is 6.42 Å². The van der Waals surface area contributed by atoms with Gasteiger partial charge in [-0.05, 0) is 42.7 Å². The normalized spacial score (nSPS) is 10.5. The number of aromatic nitrogens is 1. The van der Waals surface area contributed by atoms with Crippen LogP contribution >= 0.6 is 0 Å². The third-order valence-electron chi connectivity index (χ3n) is 4.85. The third kappa shape index (κ3) is 3.85. The number of hydrogen-bond donors (Lipinski definition) is 1. The molecule has 0 aliphatic rings. The van der Waals surface area contributed by atoms with E-state index >= 15 is 0 Å². The van der Waals surface area contributed by atoms with Crippen LogP contribution in [0, 0.1) is 18.3 Å². The first-order valence-corrected chi connectivity index (χ1v) is 9.39. The molecule has 4 aromatic rings.